The van der Waals surface area contributed by atoms with Crippen molar-refractivity contribution in [2.75, 3.05) is 6.54 Å². The number of fused-ring (bicyclic) bond motifs is 1. The number of hydrogen-bond donors (Lipinski definition) is 1. The Morgan fingerprint density at radius 3 is 2.31 bits per heavy atom. The van der Waals surface area contributed by atoms with Gasteiger partial charge in [0.1, 0.15) is 0 Å². The van der Waals surface area contributed by atoms with Crippen LogP contribution in [0.15, 0.2) is 108 Å². The monoisotopic (exact) mass is 509 g/mol. The first-order valence-corrected chi connectivity index (χ1v) is 13.7. The van der Waals surface area contributed by atoms with E-state index in [1.54, 1.807) is 0 Å². The van der Waals surface area contributed by atoms with Crippen LogP contribution >= 0.6 is 0 Å². The number of nitrogens with zero attached hydrogens (tertiary/aromatic N) is 4. The molecule has 1 aliphatic heterocycles. The number of aromatic nitrogens is 2. The van der Waals surface area contributed by atoms with Crippen LogP contribution in [-0.2, 0) is 12.1 Å². The van der Waals surface area contributed by atoms with Crippen molar-refractivity contribution in [3.63, 3.8) is 0 Å². The second kappa shape index (κ2) is 9.75. The van der Waals surface area contributed by atoms with Crippen molar-refractivity contribution >= 4 is 17.1 Å². The summed E-state index contributed by atoms with van der Waals surface area (Å²) in [4.78, 5) is 9.98. The first-order valence-electron chi connectivity index (χ1n) is 13.7. The molecule has 1 aliphatic carbocycles. The Morgan fingerprint density at radius 2 is 1.59 bits per heavy atom. The van der Waals surface area contributed by atoms with Crippen LogP contribution in [0.1, 0.15) is 42.0 Å². The molecule has 2 aliphatic rings. The molecule has 1 saturated carbocycles. The third-order valence-electron chi connectivity index (χ3n) is 8.19. The van der Waals surface area contributed by atoms with E-state index in [4.69, 9.17) is 15.7 Å². The van der Waals surface area contributed by atoms with Gasteiger partial charge in [-0.05, 0) is 48.1 Å². The van der Waals surface area contributed by atoms with Gasteiger partial charge in [0.05, 0.1) is 35.6 Å². The Labute approximate surface area is 229 Å². The largest absolute Gasteiger partial charge is 0.321 e. The van der Waals surface area contributed by atoms with Gasteiger partial charge in [0.25, 0.3) is 0 Å². The molecule has 3 aromatic carbocycles. The van der Waals surface area contributed by atoms with Gasteiger partial charge in [-0.2, -0.15) is 5.10 Å². The van der Waals surface area contributed by atoms with Crippen LogP contribution in [0.5, 0.6) is 0 Å². The number of rotatable bonds is 6. The summed E-state index contributed by atoms with van der Waals surface area (Å²) in [5, 5.41) is 7.87. The number of hydrogen-bond acceptors (Lipinski definition) is 5. The van der Waals surface area contributed by atoms with Gasteiger partial charge >= 0.3 is 0 Å². The minimum absolute atomic E-state index is 0.153. The summed E-state index contributed by atoms with van der Waals surface area (Å²) in [6.07, 6.45) is 7.24. The molecule has 7 rings (SSSR count). The van der Waals surface area contributed by atoms with Crippen molar-refractivity contribution in [1.29, 1.82) is 0 Å². The van der Waals surface area contributed by atoms with Crippen LogP contribution < -0.4 is 5.73 Å². The highest BCUT2D eigenvalue weighted by Gasteiger charge is 2.34. The maximum absolute atomic E-state index is 6.59. The van der Waals surface area contributed by atoms with Crippen LogP contribution in [0.4, 0.5) is 0 Å². The maximum Gasteiger partial charge on any atom is 0.0893 e. The summed E-state index contributed by atoms with van der Waals surface area (Å²) in [7, 11) is 0. The van der Waals surface area contributed by atoms with E-state index in [0.717, 1.165) is 64.9 Å². The van der Waals surface area contributed by atoms with Crippen molar-refractivity contribution in [3.8, 4) is 22.4 Å². The lowest BCUT2D eigenvalue weighted by Crippen LogP contribution is -2.43. The molecule has 2 N–H and O–H groups in total. The molecular formula is C34H31N5. The Morgan fingerprint density at radius 1 is 0.846 bits per heavy atom. The smallest absolute Gasteiger partial charge is 0.0893 e. The summed E-state index contributed by atoms with van der Waals surface area (Å²) < 4.78 is 0. The van der Waals surface area contributed by atoms with E-state index in [9.17, 15) is 0 Å². The zero-order valence-electron chi connectivity index (χ0n) is 21.9. The molecule has 1 fully saturated rings. The van der Waals surface area contributed by atoms with Crippen LogP contribution in [-0.4, -0.2) is 27.7 Å². The third-order valence-corrected chi connectivity index (χ3v) is 8.19. The summed E-state index contributed by atoms with van der Waals surface area (Å²) in [5.41, 5.74) is 15.1. The Balaban J connectivity index is 1.22. The van der Waals surface area contributed by atoms with Crippen molar-refractivity contribution in [1.82, 2.24) is 15.0 Å². The van der Waals surface area contributed by atoms with E-state index in [2.05, 4.69) is 101 Å². The van der Waals surface area contributed by atoms with Crippen LogP contribution in [0.2, 0.25) is 0 Å². The molecule has 0 radical (unpaired) electrons. The molecule has 2 aromatic heterocycles. The van der Waals surface area contributed by atoms with Crippen molar-refractivity contribution < 1.29 is 0 Å². The van der Waals surface area contributed by atoms with E-state index < -0.39 is 0 Å². The van der Waals surface area contributed by atoms with Crippen LogP contribution in [0, 0.1) is 0 Å². The highest BCUT2D eigenvalue weighted by atomic mass is 15.5. The summed E-state index contributed by atoms with van der Waals surface area (Å²) >= 11 is 0. The van der Waals surface area contributed by atoms with E-state index >= 15 is 0 Å². The zero-order valence-corrected chi connectivity index (χ0v) is 21.9. The van der Waals surface area contributed by atoms with E-state index in [-0.39, 0.29) is 11.5 Å². The molecule has 5 heteroatoms. The fourth-order valence-electron chi connectivity index (χ4n) is 5.73. The van der Waals surface area contributed by atoms with Crippen LogP contribution in [0.25, 0.3) is 33.3 Å². The molecule has 3 heterocycles. The minimum atomic E-state index is -0.169. The normalized spacial score (nSPS) is 17.9. The highest BCUT2D eigenvalue weighted by molar-refractivity contribution is 5.91. The lowest BCUT2D eigenvalue weighted by atomic mass is 9.72. The number of pyridine rings is 2. The van der Waals surface area contributed by atoms with Gasteiger partial charge in [0, 0.05) is 34.8 Å². The van der Waals surface area contributed by atoms with E-state index in [0.29, 0.717) is 0 Å². The number of hydrazone groups is 1. The lowest BCUT2D eigenvalue weighted by Gasteiger charge is -2.38. The SMILES string of the molecule is NC1(c2ccc(-c3nc4cnc(C5C=NN(Cc6ccccc6)C5)cc4cc3-c3ccccc3)cc2)CCC1. The molecule has 1 unspecified atom stereocenters. The molecule has 5 aromatic rings. The second-order valence-electron chi connectivity index (χ2n) is 10.8. The Bertz CT molecular complexity index is 1640. The van der Waals surface area contributed by atoms with Gasteiger partial charge in [-0.15, -0.1) is 0 Å². The van der Waals surface area contributed by atoms with Gasteiger partial charge in [-0.3, -0.25) is 9.99 Å². The van der Waals surface area contributed by atoms with Crippen LogP contribution in [0.3, 0.4) is 0 Å². The Hall–Kier alpha value is -4.35. The quantitative estimate of drug-likeness (QED) is 0.271. The molecule has 0 amide bonds. The third kappa shape index (κ3) is 4.59. The summed E-state index contributed by atoms with van der Waals surface area (Å²) in [6, 6.07) is 34.1. The fraction of sp³-hybridized carbons (Fsp3) is 0.206. The fourth-order valence-corrected chi connectivity index (χ4v) is 5.73. The van der Waals surface area contributed by atoms with Gasteiger partial charge in [-0.25, -0.2) is 4.98 Å². The second-order valence-corrected chi connectivity index (χ2v) is 10.8. The molecule has 0 saturated heterocycles. The van der Waals surface area contributed by atoms with Gasteiger partial charge < -0.3 is 5.73 Å². The molecular weight excluding hydrogens is 478 g/mol. The van der Waals surface area contributed by atoms with E-state index in [1.807, 2.05) is 18.5 Å². The van der Waals surface area contributed by atoms with Crippen molar-refractivity contribution in [2.24, 2.45) is 10.8 Å². The minimum Gasteiger partial charge on any atom is -0.321 e. The Kier molecular flexibility index (Phi) is 5.94. The van der Waals surface area contributed by atoms with Crippen molar-refractivity contribution in [2.45, 2.75) is 37.3 Å². The zero-order chi connectivity index (χ0) is 26.2. The average molecular weight is 510 g/mol. The number of benzene rings is 3. The van der Waals surface area contributed by atoms with Gasteiger partial charge in [0.15, 0.2) is 0 Å². The topological polar surface area (TPSA) is 67.4 Å². The molecule has 192 valence electrons. The summed E-state index contributed by atoms with van der Waals surface area (Å²) in [5.74, 6) is 0.153. The van der Waals surface area contributed by atoms with Crippen molar-refractivity contribution in [3.05, 3.63) is 120 Å². The molecule has 5 nitrogen and oxygen atoms in total. The average Bonchev–Trinajstić information content (AvgIpc) is 3.44. The first kappa shape index (κ1) is 23.7. The molecule has 0 bridgehead atoms. The maximum atomic E-state index is 6.59. The number of nitrogens with two attached hydrogens (primary N) is 1. The lowest BCUT2D eigenvalue weighted by molar-refractivity contribution is 0.253. The summed E-state index contributed by atoms with van der Waals surface area (Å²) in [6.45, 7) is 1.62. The standard InChI is InChI=1S/C34H31N5/c35-34(16-7-17-34)29-14-12-26(13-15-29)33-30(25-10-5-2-6-11-25)18-27-19-31(36-21-32(27)38-33)28-20-37-39(23-28)22-24-8-3-1-4-9-24/h1-6,8-15,18-21,28H,7,16-17,22-23,35H2. The predicted molar refractivity (Wildman–Crippen MR) is 158 cm³/mol. The highest BCUT2D eigenvalue weighted by Crippen LogP contribution is 2.40. The van der Waals surface area contributed by atoms with Gasteiger partial charge in [-0.1, -0.05) is 84.9 Å². The van der Waals surface area contributed by atoms with E-state index in [1.165, 1.54) is 17.5 Å². The predicted octanol–water partition coefficient (Wildman–Crippen LogP) is 6.89. The molecule has 39 heavy (non-hydrogen) atoms. The molecule has 0 spiro atoms. The van der Waals surface area contributed by atoms with Gasteiger partial charge in [0.2, 0.25) is 0 Å². The first-order chi connectivity index (χ1) is 19.1. The molecule has 1 atom stereocenters.